The Morgan fingerprint density at radius 1 is 0.971 bits per heavy atom. The molecule has 4 aromatic rings. The van der Waals surface area contributed by atoms with Gasteiger partial charge in [0.25, 0.3) is 5.56 Å². The van der Waals surface area contributed by atoms with E-state index in [2.05, 4.69) is 20.0 Å². The summed E-state index contributed by atoms with van der Waals surface area (Å²) in [6.45, 7) is -0.439. The van der Waals surface area contributed by atoms with Gasteiger partial charge in [-0.15, -0.1) is 0 Å². The maximum atomic E-state index is 13.2. The highest BCUT2D eigenvalue weighted by Crippen LogP contribution is 2.12. The zero-order valence-corrected chi connectivity index (χ0v) is 18.7. The normalized spacial score (nSPS) is 10.8. The summed E-state index contributed by atoms with van der Waals surface area (Å²) in [6.07, 6.45) is 2.68. The Bertz CT molecular complexity index is 1490. The van der Waals surface area contributed by atoms with E-state index in [4.69, 9.17) is 11.6 Å². The predicted molar refractivity (Wildman–Crippen MR) is 125 cm³/mol. The van der Waals surface area contributed by atoms with Gasteiger partial charge in [-0.2, -0.15) is 0 Å². The molecule has 0 radical (unpaired) electrons. The first kappa shape index (κ1) is 22.9. The third-order valence-electron chi connectivity index (χ3n) is 4.99. The number of hydrogen-bond donors (Lipinski definition) is 1. The van der Waals surface area contributed by atoms with Gasteiger partial charge >= 0.3 is 11.7 Å². The van der Waals surface area contributed by atoms with E-state index in [1.165, 1.54) is 43.8 Å². The maximum Gasteiger partial charge on any atom is 0.337 e. The van der Waals surface area contributed by atoms with E-state index in [1.807, 2.05) is 0 Å². The van der Waals surface area contributed by atoms with Crippen LogP contribution in [0.25, 0.3) is 11.2 Å². The molecule has 0 aliphatic heterocycles. The van der Waals surface area contributed by atoms with Gasteiger partial charge < -0.3 is 10.1 Å². The molecule has 11 heteroatoms. The monoisotopic (exact) mass is 479 g/mol. The van der Waals surface area contributed by atoms with Gasteiger partial charge in [-0.1, -0.05) is 23.7 Å². The number of anilines is 1. The van der Waals surface area contributed by atoms with Crippen LogP contribution in [0.2, 0.25) is 5.02 Å². The van der Waals surface area contributed by atoms with Crippen LogP contribution in [0.3, 0.4) is 0 Å². The molecule has 0 spiro atoms. The number of fused-ring (bicyclic) bond motifs is 1. The van der Waals surface area contributed by atoms with E-state index in [1.54, 1.807) is 24.3 Å². The van der Waals surface area contributed by atoms with Gasteiger partial charge in [0, 0.05) is 23.1 Å². The summed E-state index contributed by atoms with van der Waals surface area (Å²) in [7, 11) is 1.27. The Morgan fingerprint density at radius 2 is 1.65 bits per heavy atom. The second-order valence-electron chi connectivity index (χ2n) is 7.23. The van der Waals surface area contributed by atoms with Crippen molar-refractivity contribution in [1.29, 1.82) is 0 Å². The molecule has 0 bridgehead atoms. The molecule has 0 saturated heterocycles. The van der Waals surface area contributed by atoms with Crippen LogP contribution >= 0.6 is 11.6 Å². The molecule has 0 aliphatic rings. The SMILES string of the molecule is COC(=O)c1ccc(NC(=O)Cn2c(=O)n(Cc3ccc(Cl)cc3)c(=O)c3nccnc32)cc1. The number of amides is 1. The average Bonchev–Trinajstić information content (AvgIpc) is 2.85. The zero-order chi connectivity index (χ0) is 24.2. The number of hydrogen-bond acceptors (Lipinski definition) is 7. The fraction of sp³-hybridized carbons (Fsp3) is 0.130. The van der Waals surface area contributed by atoms with Crippen LogP contribution in [0.15, 0.2) is 70.5 Å². The van der Waals surface area contributed by atoms with Crippen LogP contribution < -0.4 is 16.6 Å². The Morgan fingerprint density at radius 3 is 2.32 bits per heavy atom. The molecule has 1 amide bonds. The number of ether oxygens (including phenoxy) is 1. The minimum atomic E-state index is -0.705. The molecular formula is C23H18ClN5O5. The molecule has 0 aliphatic carbocycles. The third-order valence-corrected chi connectivity index (χ3v) is 5.24. The second kappa shape index (κ2) is 9.67. The molecule has 2 heterocycles. The minimum absolute atomic E-state index is 0.000968. The number of aromatic nitrogens is 4. The zero-order valence-electron chi connectivity index (χ0n) is 17.9. The molecule has 2 aromatic carbocycles. The fourth-order valence-corrected chi connectivity index (χ4v) is 3.46. The van der Waals surface area contributed by atoms with E-state index in [0.29, 0.717) is 21.8 Å². The Hall–Kier alpha value is -4.31. The van der Waals surface area contributed by atoms with Gasteiger partial charge in [-0.3, -0.25) is 18.7 Å². The van der Waals surface area contributed by atoms with Gasteiger partial charge in [0.1, 0.15) is 6.54 Å². The number of nitrogens with one attached hydrogen (secondary N) is 1. The minimum Gasteiger partial charge on any atom is -0.465 e. The molecular weight excluding hydrogens is 462 g/mol. The molecule has 0 unspecified atom stereocenters. The molecule has 172 valence electrons. The highest BCUT2D eigenvalue weighted by molar-refractivity contribution is 6.30. The summed E-state index contributed by atoms with van der Waals surface area (Å²) in [5.41, 5.74) is 0.0611. The van der Waals surface area contributed by atoms with Crippen molar-refractivity contribution in [3.8, 4) is 0 Å². The van der Waals surface area contributed by atoms with Crippen molar-refractivity contribution in [2.45, 2.75) is 13.1 Å². The van der Waals surface area contributed by atoms with Crippen LogP contribution in [-0.4, -0.2) is 38.1 Å². The van der Waals surface area contributed by atoms with Crippen LogP contribution in [-0.2, 0) is 22.6 Å². The van der Waals surface area contributed by atoms with Crippen molar-refractivity contribution in [1.82, 2.24) is 19.1 Å². The number of rotatable bonds is 6. The number of methoxy groups -OCH3 is 1. The van der Waals surface area contributed by atoms with Gasteiger partial charge in [0.05, 0.1) is 19.2 Å². The number of carbonyl (C=O) groups is 2. The number of carbonyl (C=O) groups excluding carboxylic acids is 2. The Balaban J connectivity index is 1.67. The van der Waals surface area contributed by atoms with E-state index in [0.717, 1.165) is 9.13 Å². The third kappa shape index (κ3) is 4.71. The van der Waals surface area contributed by atoms with Crippen molar-refractivity contribution in [3.63, 3.8) is 0 Å². The number of esters is 1. The number of nitrogens with zero attached hydrogens (tertiary/aromatic N) is 4. The van der Waals surface area contributed by atoms with Gasteiger partial charge in [-0.05, 0) is 42.0 Å². The van der Waals surface area contributed by atoms with Crippen LogP contribution in [0, 0.1) is 0 Å². The first-order chi connectivity index (χ1) is 16.4. The van der Waals surface area contributed by atoms with Crippen molar-refractivity contribution < 1.29 is 14.3 Å². The summed E-state index contributed by atoms with van der Waals surface area (Å²) < 4.78 is 6.74. The molecule has 0 atom stereocenters. The predicted octanol–water partition coefficient (Wildman–Crippen LogP) is 2.08. The summed E-state index contributed by atoms with van der Waals surface area (Å²) in [4.78, 5) is 58.6. The fourth-order valence-electron chi connectivity index (χ4n) is 3.34. The first-order valence-electron chi connectivity index (χ1n) is 10.0. The quantitative estimate of drug-likeness (QED) is 0.420. The van der Waals surface area contributed by atoms with Crippen molar-refractivity contribution in [2.24, 2.45) is 0 Å². The van der Waals surface area contributed by atoms with Gasteiger partial charge in [-0.25, -0.2) is 19.6 Å². The van der Waals surface area contributed by atoms with Crippen molar-refractivity contribution in [3.05, 3.63) is 97.9 Å². The van der Waals surface area contributed by atoms with E-state index in [9.17, 15) is 19.2 Å². The Labute approximate surface area is 197 Å². The lowest BCUT2D eigenvalue weighted by molar-refractivity contribution is -0.116. The summed E-state index contributed by atoms with van der Waals surface area (Å²) in [6, 6.07) is 12.8. The van der Waals surface area contributed by atoms with Crippen LogP contribution in [0.4, 0.5) is 5.69 Å². The Kier molecular flexibility index (Phi) is 6.51. The first-order valence-corrected chi connectivity index (χ1v) is 10.4. The largest absolute Gasteiger partial charge is 0.465 e. The maximum absolute atomic E-state index is 13.2. The van der Waals surface area contributed by atoms with E-state index < -0.39 is 29.7 Å². The highest BCUT2D eigenvalue weighted by Gasteiger charge is 2.18. The van der Waals surface area contributed by atoms with Crippen LogP contribution in [0.5, 0.6) is 0 Å². The highest BCUT2D eigenvalue weighted by atomic mass is 35.5. The molecule has 0 fully saturated rings. The van der Waals surface area contributed by atoms with Crippen molar-refractivity contribution in [2.75, 3.05) is 12.4 Å². The molecule has 0 saturated carbocycles. The standard InChI is InChI=1S/C23H18ClN5O5/c1-34-22(32)15-4-8-17(9-5-15)27-18(30)13-28-20-19(25-10-11-26-20)21(31)29(23(28)33)12-14-2-6-16(24)7-3-14/h2-11H,12-13H2,1H3,(H,27,30). The number of halogens is 1. The average molecular weight is 480 g/mol. The molecule has 2 aromatic heterocycles. The van der Waals surface area contributed by atoms with Crippen molar-refractivity contribution >= 4 is 40.3 Å². The lowest BCUT2D eigenvalue weighted by Gasteiger charge is -2.13. The van der Waals surface area contributed by atoms with E-state index in [-0.39, 0.29) is 17.7 Å². The lowest BCUT2D eigenvalue weighted by atomic mass is 10.2. The number of benzene rings is 2. The lowest BCUT2D eigenvalue weighted by Crippen LogP contribution is -2.42. The smallest absolute Gasteiger partial charge is 0.337 e. The van der Waals surface area contributed by atoms with E-state index >= 15 is 0 Å². The van der Waals surface area contributed by atoms with Crippen LogP contribution in [0.1, 0.15) is 15.9 Å². The van der Waals surface area contributed by atoms with Gasteiger partial charge in [0.15, 0.2) is 11.2 Å². The summed E-state index contributed by atoms with van der Waals surface area (Å²) in [5, 5.41) is 3.18. The second-order valence-corrected chi connectivity index (χ2v) is 7.67. The van der Waals surface area contributed by atoms with Gasteiger partial charge in [0.2, 0.25) is 5.91 Å². The summed E-state index contributed by atoms with van der Waals surface area (Å²) in [5.74, 6) is -1.03. The molecule has 34 heavy (non-hydrogen) atoms. The molecule has 1 N–H and O–H groups in total. The topological polar surface area (TPSA) is 125 Å². The molecule has 4 rings (SSSR count). The summed E-state index contributed by atoms with van der Waals surface area (Å²) >= 11 is 5.92. The molecule has 10 nitrogen and oxygen atoms in total.